The van der Waals surface area contributed by atoms with E-state index in [1.807, 2.05) is 44.8 Å². The summed E-state index contributed by atoms with van der Waals surface area (Å²) in [5.41, 5.74) is 7.85. The van der Waals surface area contributed by atoms with Crippen LogP contribution in [-0.4, -0.2) is 81.3 Å². The van der Waals surface area contributed by atoms with Gasteiger partial charge in [0, 0.05) is 69.7 Å². The monoisotopic (exact) mass is 633 g/mol. The van der Waals surface area contributed by atoms with Crippen LogP contribution in [0.25, 0.3) is 22.3 Å². The Labute approximate surface area is 273 Å². The van der Waals surface area contributed by atoms with E-state index in [0.717, 1.165) is 48.3 Å². The Kier molecular flexibility index (Phi) is 8.00. The molecule has 5 aromatic rings. The van der Waals surface area contributed by atoms with E-state index in [9.17, 15) is 9.59 Å². The van der Waals surface area contributed by atoms with Crippen molar-refractivity contribution >= 4 is 45.9 Å². The number of ether oxygens (including phenoxy) is 1. The van der Waals surface area contributed by atoms with Crippen molar-refractivity contribution in [1.29, 1.82) is 0 Å². The number of piperazine rings is 1. The molecule has 0 spiro atoms. The van der Waals surface area contributed by atoms with Crippen molar-refractivity contribution in [3.05, 3.63) is 71.7 Å². The van der Waals surface area contributed by atoms with E-state index in [-0.39, 0.29) is 11.8 Å². The van der Waals surface area contributed by atoms with Crippen LogP contribution in [0, 0.1) is 0 Å². The Morgan fingerprint density at radius 3 is 2.45 bits per heavy atom. The largest absolute Gasteiger partial charge is 0.494 e. The van der Waals surface area contributed by atoms with Gasteiger partial charge < -0.3 is 29.3 Å². The summed E-state index contributed by atoms with van der Waals surface area (Å²) >= 11 is 0. The molecule has 2 aliphatic rings. The lowest BCUT2D eigenvalue weighted by molar-refractivity contribution is -0.129. The number of nitrogens with one attached hydrogen (secondary N) is 2. The highest BCUT2D eigenvalue weighted by Gasteiger charge is 2.30. The van der Waals surface area contributed by atoms with Crippen LogP contribution in [0.4, 0.5) is 23.0 Å². The van der Waals surface area contributed by atoms with Crippen molar-refractivity contribution in [2.45, 2.75) is 40.2 Å². The number of nitrogens with zero attached hydrogens (tertiary/aromatic N) is 7. The number of benzene rings is 2. The van der Waals surface area contributed by atoms with E-state index in [4.69, 9.17) is 14.7 Å². The number of anilines is 4. The number of rotatable bonds is 8. The van der Waals surface area contributed by atoms with E-state index < -0.39 is 0 Å². The smallest absolute Gasteiger partial charge is 0.274 e. The zero-order valence-corrected chi connectivity index (χ0v) is 27.2. The highest BCUT2D eigenvalue weighted by Crippen LogP contribution is 2.36. The van der Waals surface area contributed by atoms with Gasteiger partial charge in [-0.25, -0.2) is 4.98 Å². The standard InChI is InChI=1S/C35H39N9O3/c1-5-23-8-7-9-24(6-2)32(23)44-17-16-43-21-25(18-29(43)34(44)46)31-27-20-36-40-33(27)39-35(38-31)37-28-11-10-26(19-30(28)47-4)42-14-12-41(13-15-42)22(3)45/h7-11,18-21H,5-6,12-17H2,1-4H3,(H2,36,37,38,39,40). The number of aromatic amines is 1. The maximum absolute atomic E-state index is 14.0. The van der Waals surface area contributed by atoms with Crippen LogP contribution in [0.15, 0.2) is 54.9 Å². The predicted molar refractivity (Wildman–Crippen MR) is 183 cm³/mol. The molecule has 0 atom stereocenters. The van der Waals surface area contributed by atoms with Gasteiger partial charge in [0.2, 0.25) is 11.9 Å². The molecular weight excluding hydrogens is 594 g/mol. The summed E-state index contributed by atoms with van der Waals surface area (Å²) in [4.78, 5) is 41.4. The SMILES string of the molecule is CCc1cccc(CC)c1N1CCn2cc(-c3nc(Nc4ccc(N5CCN(C(C)=O)CC5)cc4OC)nc4[nH]ncc34)cc2C1=O. The fourth-order valence-electron chi connectivity index (χ4n) is 6.72. The van der Waals surface area contributed by atoms with Gasteiger partial charge in [-0.3, -0.25) is 14.7 Å². The fourth-order valence-corrected chi connectivity index (χ4v) is 6.72. The quantitative estimate of drug-likeness (QED) is 0.244. The number of methoxy groups -OCH3 is 1. The molecule has 12 heteroatoms. The topological polar surface area (TPSA) is 125 Å². The van der Waals surface area contributed by atoms with Crippen molar-refractivity contribution in [2.24, 2.45) is 0 Å². The minimum atomic E-state index is -0.0125. The highest BCUT2D eigenvalue weighted by molar-refractivity contribution is 6.08. The number of fused-ring (bicyclic) bond motifs is 2. The zero-order chi connectivity index (χ0) is 32.7. The number of aryl methyl sites for hydroxylation is 2. The van der Waals surface area contributed by atoms with Crippen molar-refractivity contribution in [1.82, 2.24) is 29.6 Å². The molecule has 0 unspecified atom stereocenters. The highest BCUT2D eigenvalue weighted by atomic mass is 16.5. The second-order valence-corrected chi connectivity index (χ2v) is 11.9. The lowest BCUT2D eigenvalue weighted by Crippen LogP contribution is -2.48. The van der Waals surface area contributed by atoms with Crippen molar-refractivity contribution < 1.29 is 14.3 Å². The van der Waals surface area contributed by atoms with E-state index in [1.165, 1.54) is 11.1 Å². The van der Waals surface area contributed by atoms with Gasteiger partial charge in [-0.1, -0.05) is 32.0 Å². The third-order valence-corrected chi connectivity index (χ3v) is 9.27. The third kappa shape index (κ3) is 5.53. The Morgan fingerprint density at radius 2 is 1.74 bits per heavy atom. The lowest BCUT2D eigenvalue weighted by Gasteiger charge is -2.35. The van der Waals surface area contributed by atoms with Crippen LogP contribution in [0.1, 0.15) is 42.4 Å². The molecule has 242 valence electrons. The van der Waals surface area contributed by atoms with E-state index in [2.05, 4.69) is 52.5 Å². The van der Waals surface area contributed by atoms with Crippen molar-refractivity contribution in [2.75, 3.05) is 55.0 Å². The summed E-state index contributed by atoms with van der Waals surface area (Å²) < 4.78 is 7.79. The van der Waals surface area contributed by atoms with Crippen molar-refractivity contribution in [3.63, 3.8) is 0 Å². The first kappa shape index (κ1) is 30.3. The number of amides is 2. The molecule has 5 heterocycles. The number of hydrogen-bond donors (Lipinski definition) is 2. The second kappa shape index (κ2) is 12.4. The summed E-state index contributed by atoms with van der Waals surface area (Å²) in [6, 6.07) is 14.2. The van der Waals surface area contributed by atoms with Gasteiger partial charge in [-0.15, -0.1) is 0 Å². The average Bonchev–Trinajstić information content (AvgIpc) is 3.76. The van der Waals surface area contributed by atoms with E-state index >= 15 is 0 Å². The van der Waals surface area contributed by atoms with Crippen LogP contribution < -0.4 is 19.9 Å². The lowest BCUT2D eigenvalue weighted by atomic mass is 10.0. The van der Waals surface area contributed by atoms with E-state index in [0.29, 0.717) is 60.6 Å². The number of H-pyrrole nitrogens is 1. The van der Waals surface area contributed by atoms with E-state index in [1.54, 1.807) is 20.2 Å². The summed E-state index contributed by atoms with van der Waals surface area (Å²) in [6.45, 7) is 10.1. The molecule has 2 amide bonds. The maximum atomic E-state index is 14.0. The van der Waals surface area contributed by atoms with Gasteiger partial charge in [0.25, 0.3) is 5.91 Å². The Bertz CT molecular complexity index is 1950. The number of hydrogen-bond acceptors (Lipinski definition) is 8. The maximum Gasteiger partial charge on any atom is 0.274 e. The molecule has 0 saturated carbocycles. The zero-order valence-electron chi connectivity index (χ0n) is 27.2. The predicted octanol–water partition coefficient (Wildman–Crippen LogP) is 5.03. The molecule has 2 aromatic carbocycles. The van der Waals surface area contributed by atoms with Gasteiger partial charge in [0.1, 0.15) is 11.4 Å². The second-order valence-electron chi connectivity index (χ2n) is 11.9. The average molecular weight is 634 g/mol. The van der Waals surface area contributed by atoms with Crippen LogP contribution in [0.5, 0.6) is 5.75 Å². The Morgan fingerprint density at radius 1 is 0.979 bits per heavy atom. The number of carbonyl (C=O) groups excluding carboxylic acids is 2. The molecule has 3 aromatic heterocycles. The molecule has 2 aliphatic heterocycles. The van der Waals surface area contributed by atoms with Gasteiger partial charge >= 0.3 is 0 Å². The summed E-state index contributed by atoms with van der Waals surface area (Å²) in [6.07, 6.45) is 5.43. The van der Waals surface area contributed by atoms with Crippen LogP contribution in [0.3, 0.4) is 0 Å². The minimum absolute atomic E-state index is 0.0125. The molecule has 12 nitrogen and oxygen atoms in total. The Balaban J connectivity index is 1.18. The molecule has 0 bridgehead atoms. The Hall–Kier alpha value is -5.39. The normalized spacial score (nSPS) is 14.9. The molecule has 7 rings (SSSR count). The van der Waals surface area contributed by atoms with Gasteiger partial charge in [-0.2, -0.15) is 10.1 Å². The molecule has 0 radical (unpaired) electrons. The summed E-state index contributed by atoms with van der Waals surface area (Å²) in [5, 5.41) is 11.3. The van der Waals surface area contributed by atoms with Crippen LogP contribution in [0.2, 0.25) is 0 Å². The van der Waals surface area contributed by atoms with Gasteiger partial charge in [0.15, 0.2) is 5.65 Å². The molecule has 1 fully saturated rings. The van der Waals surface area contributed by atoms with Gasteiger partial charge in [-0.05, 0) is 42.2 Å². The first-order chi connectivity index (χ1) is 22.9. The van der Waals surface area contributed by atoms with Crippen LogP contribution in [-0.2, 0) is 24.2 Å². The number of carbonyl (C=O) groups is 2. The van der Waals surface area contributed by atoms with Crippen LogP contribution >= 0.6 is 0 Å². The molecule has 0 aliphatic carbocycles. The minimum Gasteiger partial charge on any atom is -0.494 e. The molecule has 47 heavy (non-hydrogen) atoms. The van der Waals surface area contributed by atoms with Crippen molar-refractivity contribution in [3.8, 4) is 17.0 Å². The number of aromatic nitrogens is 5. The molecule has 2 N–H and O–H groups in total. The molecule has 1 saturated heterocycles. The molecular formula is C35H39N9O3. The first-order valence-corrected chi connectivity index (χ1v) is 16.2. The third-order valence-electron chi connectivity index (χ3n) is 9.27. The first-order valence-electron chi connectivity index (χ1n) is 16.2. The van der Waals surface area contributed by atoms with Gasteiger partial charge in [0.05, 0.1) is 35.8 Å². The summed E-state index contributed by atoms with van der Waals surface area (Å²) in [7, 11) is 1.64. The fraction of sp³-hybridized carbons (Fsp3) is 0.343. The number of para-hydroxylation sites is 1. The summed E-state index contributed by atoms with van der Waals surface area (Å²) in [5.74, 6) is 1.11.